The van der Waals surface area contributed by atoms with Gasteiger partial charge >= 0.3 is 5.97 Å². The van der Waals surface area contributed by atoms with Crippen molar-refractivity contribution in [1.82, 2.24) is 5.32 Å². The van der Waals surface area contributed by atoms with Gasteiger partial charge in [0.1, 0.15) is 0 Å². The topological polar surface area (TPSA) is 86.6 Å². The third-order valence-corrected chi connectivity index (χ3v) is 3.78. The van der Waals surface area contributed by atoms with Gasteiger partial charge < -0.3 is 15.5 Å². The molecule has 0 saturated heterocycles. The fourth-order valence-corrected chi connectivity index (χ4v) is 2.53. The molecule has 1 saturated carbocycles. The van der Waals surface area contributed by atoms with Crippen LogP contribution in [0.2, 0.25) is 0 Å². The number of benzene rings is 1. The summed E-state index contributed by atoms with van der Waals surface area (Å²) in [5.41, 5.74) is 1.05. The lowest BCUT2D eigenvalue weighted by Crippen LogP contribution is -2.45. The summed E-state index contributed by atoms with van der Waals surface area (Å²) in [6, 6.07) is 4.36. The van der Waals surface area contributed by atoms with E-state index in [0.717, 1.165) is 19.3 Å². The van der Waals surface area contributed by atoms with Gasteiger partial charge in [-0.05, 0) is 37.5 Å². The maximum Gasteiger partial charge on any atom is 0.335 e. The van der Waals surface area contributed by atoms with Crippen LogP contribution in [-0.4, -0.2) is 34.2 Å². The van der Waals surface area contributed by atoms with Crippen molar-refractivity contribution in [2.45, 2.75) is 44.8 Å². The van der Waals surface area contributed by atoms with E-state index < -0.39 is 12.1 Å². The molecule has 108 valence electrons. The van der Waals surface area contributed by atoms with Gasteiger partial charge in [0.2, 0.25) is 0 Å². The Kier molecular flexibility index (Phi) is 4.39. The molecular formula is C15H19NO4. The summed E-state index contributed by atoms with van der Waals surface area (Å²) >= 11 is 0. The number of nitrogens with one attached hydrogen (secondary N) is 1. The molecule has 1 aromatic carbocycles. The molecule has 20 heavy (non-hydrogen) atoms. The molecule has 1 fully saturated rings. The molecule has 5 heteroatoms. The number of hydrogen-bond donors (Lipinski definition) is 3. The first-order chi connectivity index (χ1) is 9.49. The largest absolute Gasteiger partial charge is 0.478 e. The standard InChI is InChI=1S/C15H19NO4/c1-9-6-7-10(8-11(9)15(19)20)14(18)16-12-4-2-3-5-13(12)17/h6-8,12-13,17H,2-5H2,1H3,(H,16,18)(H,19,20)/t12-,13-/m0/s1. The van der Waals surface area contributed by atoms with E-state index in [0.29, 0.717) is 17.5 Å². The zero-order valence-electron chi connectivity index (χ0n) is 11.4. The van der Waals surface area contributed by atoms with Crippen LogP contribution in [0.1, 0.15) is 52.0 Å². The van der Waals surface area contributed by atoms with Gasteiger partial charge in [-0.1, -0.05) is 18.9 Å². The average Bonchev–Trinajstić information content (AvgIpc) is 2.41. The minimum absolute atomic E-state index is 0.127. The fourth-order valence-electron chi connectivity index (χ4n) is 2.53. The lowest BCUT2D eigenvalue weighted by atomic mass is 9.92. The smallest absolute Gasteiger partial charge is 0.335 e. The second-order valence-corrected chi connectivity index (χ2v) is 5.27. The van der Waals surface area contributed by atoms with Crippen molar-refractivity contribution in [2.24, 2.45) is 0 Å². The van der Waals surface area contributed by atoms with E-state index in [2.05, 4.69) is 5.32 Å². The predicted molar refractivity (Wildman–Crippen MR) is 73.9 cm³/mol. The molecule has 2 atom stereocenters. The van der Waals surface area contributed by atoms with E-state index in [9.17, 15) is 14.7 Å². The molecule has 1 aliphatic carbocycles. The summed E-state index contributed by atoms with van der Waals surface area (Å²) in [6.45, 7) is 1.69. The van der Waals surface area contributed by atoms with Crippen molar-refractivity contribution in [2.75, 3.05) is 0 Å². The quantitative estimate of drug-likeness (QED) is 0.785. The summed E-state index contributed by atoms with van der Waals surface area (Å²) in [7, 11) is 0. The van der Waals surface area contributed by atoms with Crippen LogP contribution in [0.25, 0.3) is 0 Å². The predicted octanol–water partition coefficient (Wildman–Crippen LogP) is 1.73. The van der Waals surface area contributed by atoms with Crippen LogP contribution in [0, 0.1) is 6.92 Å². The minimum atomic E-state index is -1.05. The van der Waals surface area contributed by atoms with Gasteiger partial charge in [-0.3, -0.25) is 4.79 Å². The van der Waals surface area contributed by atoms with Crippen LogP contribution in [0.15, 0.2) is 18.2 Å². The van der Waals surface area contributed by atoms with Crippen LogP contribution in [0.5, 0.6) is 0 Å². The molecule has 3 N–H and O–H groups in total. The van der Waals surface area contributed by atoms with Gasteiger partial charge in [-0.25, -0.2) is 4.79 Å². The first-order valence-corrected chi connectivity index (χ1v) is 6.82. The van der Waals surface area contributed by atoms with E-state index in [1.165, 1.54) is 6.07 Å². The minimum Gasteiger partial charge on any atom is -0.478 e. The number of aromatic carboxylic acids is 1. The van der Waals surface area contributed by atoms with E-state index in [4.69, 9.17) is 5.11 Å². The molecule has 1 aliphatic rings. The third-order valence-electron chi connectivity index (χ3n) is 3.78. The highest BCUT2D eigenvalue weighted by Crippen LogP contribution is 2.19. The van der Waals surface area contributed by atoms with E-state index >= 15 is 0 Å². The Balaban J connectivity index is 2.13. The highest BCUT2D eigenvalue weighted by molar-refractivity contribution is 5.98. The summed E-state index contributed by atoms with van der Waals surface area (Å²) in [5, 5.41) is 21.7. The van der Waals surface area contributed by atoms with Crippen molar-refractivity contribution >= 4 is 11.9 Å². The maximum absolute atomic E-state index is 12.1. The number of hydrogen-bond acceptors (Lipinski definition) is 3. The molecule has 0 spiro atoms. The Morgan fingerprint density at radius 2 is 1.95 bits per heavy atom. The summed E-state index contributed by atoms with van der Waals surface area (Å²) in [5.74, 6) is -1.38. The number of carboxylic acids is 1. The second kappa shape index (κ2) is 6.05. The molecule has 0 aromatic heterocycles. The third kappa shape index (κ3) is 3.17. The highest BCUT2D eigenvalue weighted by Gasteiger charge is 2.25. The molecule has 0 bridgehead atoms. The van der Waals surface area contributed by atoms with E-state index in [1.807, 2.05) is 0 Å². The number of carbonyl (C=O) groups is 2. The van der Waals surface area contributed by atoms with Crippen LogP contribution in [0.3, 0.4) is 0 Å². The molecule has 2 rings (SSSR count). The van der Waals surface area contributed by atoms with Gasteiger partial charge in [0.15, 0.2) is 0 Å². The van der Waals surface area contributed by atoms with Gasteiger partial charge in [-0.15, -0.1) is 0 Å². The van der Waals surface area contributed by atoms with Crippen molar-refractivity contribution in [1.29, 1.82) is 0 Å². The molecule has 0 radical (unpaired) electrons. The van der Waals surface area contributed by atoms with Crippen LogP contribution in [0.4, 0.5) is 0 Å². The molecule has 1 aromatic rings. The monoisotopic (exact) mass is 277 g/mol. The summed E-state index contributed by atoms with van der Waals surface area (Å²) in [4.78, 5) is 23.2. The maximum atomic E-state index is 12.1. The second-order valence-electron chi connectivity index (χ2n) is 5.27. The molecule has 0 unspecified atom stereocenters. The van der Waals surface area contributed by atoms with Gasteiger partial charge in [-0.2, -0.15) is 0 Å². The van der Waals surface area contributed by atoms with Gasteiger partial charge in [0.05, 0.1) is 17.7 Å². The zero-order valence-corrected chi connectivity index (χ0v) is 11.4. The number of aliphatic hydroxyl groups excluding tert-OH is 1. The Hall–Kier alpha value is -1.88. The normalized spacial score (nSPS) is 22.3. The fraction of sp³-hybridized carbons (Fsp3) is 0.467. The number of aliphatic hydroxyl groups is 1. The molecule has 1 amide bonds. The number of rotatable bonds is 3. The summed E-state index contributed by atoms with van der Waals surface area (Å²) < 4.78 is 0. The van der Waals surface area contributed by atoms with Crippen LogP contribution in [-0.2, 0) is 0 Å². The Labute approximate surface area is 117 Å². The Morgan fingerprint density at radius 3 is 2.60 bits per heavy atom. The number of amides is 1. The summed E-state index contributed by atoms with van der Waals surface area (Å²) in [6.07, 6.45) is 2.89. The SMILES string of the molecule is Cc1ccc(C(=O)N[C@H]2CCCC[C@@H]2O)cc1C(=O)O. The first-order valence-electron chi connectivity index (χ1n) is 6.82. The molecule has 0 heterocycles. The molecular weight excluding hydrogens is 258 g/mol. The van der Waals surface area contributed by atoms with Crippen molar-refractivity contribution in [3.05, 3.63) is 34.9 Å². The Morgan fingerprint density at radius 1 is 1.25 bits per heavy atom. The average molecular weight is 277 g/mol. The molecule has 0 aliphatic heterocycles. The van der Waals surface area contributed by atoms with Crippen molar-refractivity contribution in [3.63, 3.8) is 0 Å². The number of aryl methyl sites for hydroxylation is 1. The lowest BCUT2D eigenvalue weighted by Gasteiger charge is -2.28. The van der Waals surface area contributed by atoms with Crippen molar-refractivity contribution < 1.29 is 19.8 Å². The van der Waals surface area contributed by atoms with Crippen LogP contribution >= 0.6 is 0 Å². The lowest BCUT2D eigenvalue weighted by molar-refractivity contribution is 0.0695. The van der Waals surface area contributed by atoms with Crippen molar-refractivity contribution in [3.8, 4) is 0 Å². The van der Waals surface area contributed by atoms with Gasteiger partial charge in [0, 0.05) is 5.56 Å². The highest BCUT2D eigenvalue weighted by atomic mass is 16.4. The Bertz CT molecular complexity index is 527. The zero-order chi connectivity index (χ0) is 14.7. The van der Waals surface area contributed by atoms with Gasteiger partial charge in [0.25, 0.3) is 5.91 Å². The number of carbonyl (C=O) groups excluding carboxylic acids is 1. The first kappa shape index (κ1) is 14.5. The van der Waals surface area contributed by atoms with E-state index in [1.54, 1.807) is 19.1 Å². The number of carboxylic acid groups (broad SMARTS) is 1. The molecule has 5 nitrogen and oxygen atoms in total. The van der Waals surface area contributed by atoms with Crippen LogP contribution < -0.4 is 5.32 Å². The van der Waals surface area contributed by atoms with E-state index in [-0.39, 0.29) is 17.5 Å².